The Kier molecular flexibility index (Phi) is 5.68. The van der Waals surface area contributed by atoms with E-state index in [2.05, 4.69) is 20.7 Å². The van der Waals surface area contributed by atoms with Crippen molar-refractivity contribution in [2.75, 3.05) is 19.5 Å². The van der Waals surface area contributed by atoms with Crippen molar-refractivity contribution in [3.05, 3.63) is 42.5 Å². The summed E-state index contributed by atoms with van der Waals surface area (Å²) in [5.74, 6) is 1.97. The molecule has 0 saturated heterocycles. The van der Waals surface area contributed by atoms with E-state index in [1.54, 1.807) is 14.2 Å². The van der Waals surface area contributed by atoms with Crippen molar-refractivity contribution in [3.63, 3.8) is 0 Å². The fourth-order valence-corrected chi connectivity index (χ4v) is 2.07. The maximum absolute atomic E-state index is 5.29. The highest BCUT2D eigenvalue weighted by atomic mass is 16.5. The standard InChI is InChI=1S/C15H14N4O2.C2H6/c1-20-13-8-7-10(9-14(13)21-2)16-15-11-5-3-4-6-12(11)17-19-18-15;1-2/h3-9H,1-2H3,(H,16,17,18);1-2H3. The Hall–Kier alpha value is -2.89. The average molecular weight is 312 g/mol. The van der Waals surface area contributed by atoms with E-state index in [4.69, 9.17) is 9.47 Å². The monoisotopic (exact) mass is 312 g/mol. The van der Waals surface area contributed by atoms with Crippen molar-refractivity contribution in [3.8, 4) is 11.5 Å². The molecule has 120 valence electrons. The van der Waals surface area contributed by atoms with Gasteiger partial charge < -0.3 is 14.8 Å². The molecule has 0 amide bonds. The smallest absolute Gasteiger partial charge is 0.164 e. The summed E-state index contributed by atoms with van der Waals surface area (Å²) in [6.45, 7) is 4.00. The molecule has 6 nitrogen and oxygen atoms in total. The second-order valence-corrected chi connectivity index (χ2v) is 4.35. The summed E-state index contributed by atoms with van der Waals surface area (Å²) in [7, 11) is 3.20. The number of ether oxygens (including phenoxy) is 2. The van der Waals surface area contributed by atoms with E-state index >= 15 is 0 Å². The lowest BCUT2D eigenvalue weighted by molar-refractivity contribution is 0.355. The topological polar surface area (TPSA) is 69.2 Å². The Balaban J connectivity index is 0.000000924. The van der Waals surface area contributed by atoms with Crippen LogP contribution in [-0.2, 0) is 0 Å². The lowest BCUT2D eigenvalue weighted by Crippen LogP contribution is -1.99. The molecule has 3 aromatic rings. The SMILES string of the molecule is CC.COc1ccc(Nc2nnnc3ccccc23)cc1OC. The summed E-state index contributed by atoms with van der Waals surface area (Å²) in [4.78, 5) is 0. The van der Waals surface area contributed by atoms with E-state index in [1.165, 1.54) is 0 Å². The van der Waals surface area contributed by atoms with Gasteiger partial charge in [-0.1, -0.05) is 26.0 Å². The van der Waals surface area contributed by atoms with E-state index in [0.29, 0.717) is 17.3 Å². The Bertz CT molecular complexity index is 772. The number of anilines is 2. The quantitative estimate of drug-likeness (QED) is 0.790. The van der Waals surface area contributed by atoms with E-state index in [0.717, 1.165) is 16.6 Å². The molecule has 0 aliphatic carbocycles. The summed E-state index contributed by atoms with van der Waals surface area (Å²) >= 11 is 0. The average Bonchev–Trinajstić information content (AvgIpc) is 2.63. The summed E-state index contributed by atoms with van der Waals surface area (Å²) in [5, 5.41) is 16.0. The van der Waals surface area contributed by atoms with Crippen LogP contribution < -0.4 is 14.8 Å². The Labute approximate surface area is 135 Å². The Morgan fingerprint density at radius 1 is 0.870 bits per heavy atom. The first kappa shape index (κ1) is 16.5. The largest absolute Gasteiger partial charge is 0.493 e. The molecule has 0 aliphatic rings. The van der Waals surface area contributed by atoms with Crippen LogP contribution in [0.5, 0.6) is 11.5 Å². The molecular weight excluding hydrogens is 292 g/mol. The third-order valence-electron chi connectivity index (χ3n) is 3.10. The first-order valence-electron chi connectivity index (χ1n) is 7.39. The second-order valence-electron chi connectivity index (χ2n) is 4.35. The van der Waals surface area contributed by atoms with E-state index < -0.39 is 0 Å². The van der Waals surface area contributed by atoms with Gasteiger partial charge >= 0.3 is 0 Å². The van der Waals surface area contributed by atoms with Crippen molar-refractivity contribution in [2.24, 2.45) is 0 Å². The number of nitrogens with zero attached hydrogens (tertiary/aromatic N) is 3. The van der Waals surface area contributed by atoms with Gasteiger partial charge in [0.15, 0.2) is 17.3 Å². The third kappa shape index (κ3) is 3.66. The molecule has 23 heavy (non-hydrogen) atoms. The van der Waals surface area contributed by atoms with Crippen molar-refractivity contribution in [1.29, 1.82) is 0 Å². The molecule has 0 atom stereocenters. The van der Waals surface area contributed by atoms with E-state index in [-0.39, 0.29) is 0 Å². The molecule has 0 unspecified atom stereocenters. The zero-order valence-corrected chi connectivity index (χ0v) is 13.7. The molecule has 0 bridgehead atoms. The van der Waals surface area contributed by atoms with Gasteiger partial charge in [-0.05, 0) is 29.5 Å². The van der Waals surface area contributed by atoms with E-state index in [9.17, 15) is 0 Å². The zero-order valence-electron chi connectivity index (χ0n) is 13.7. The lowest BCUT2D eigenvalue weighted by atomic mass is 10.2. The molecule has 1 aromatic heterocycles. The van der Waals surface area contributed by atoms with Crippen molar-refractivity contribution in [2.45, 2.75) is 13.8 Å². The van der Waals surface area contributed by atoms with Crippen LogP contribution in [-0.4, -0.2) is 29.6 Å². The van der Waals surface area contributed by atoms with Crippen LogP contribution in [0.25, 0.3) is 10.9 Å². The number of methoxy groups -OCH3 is 2. The highest BCUT2D eigenvalue weighted by Gasteiger charge is 2.08. The number of hydrogen-bond donors (Lipinski definition) is 1. The Morgan fingerprint density at radius 3 is 2.35 bits per heavy atom. The normalized spacial score (nSPS) is 9.74. The molecule has 0 spiro atoms. The summed E-state index contributed by atoms with van der Waals surface area (Å²) < 4.78 is 10.5. The van der Waals surface area contributed by atoms with Crippen LogP contribution >= 0.6 is 0 Å². The molecule has 1 heterocycles. The predicted octanol–water partition coefficient (Wildman–Crippen LogP) is 3.81. The molecular formula is C17H20N4O2. The molecule has 0 saturated carbocycles. The van der Waals surface area contributed by atoms with Gasteiger partial charge in [0.1, 0.15) is 0 Å². The van der Waals surface area contributed by atoms with Crippen molar-refractivity contribution in [1.82, 2.24) is 15.4 Å². The van der Waals surface area contributed by atoms with Crippen LogP contribution in [0.1, 0.15) is 13.8 Å². The summed E-state index contributed by atoms with van der Waals surface area (Å²) in [5.41, 5.74) is 1.62. The van der Waals surface area contributed by atoms with Gasteiger partial charge in [-0.15, -0.1) is 10.2 Å². The minimum atomic E-state index is 0.646. The minimum Gasteiger partial charge on any atom is -0.493 e. The van der Waals surface area contributed by atoms with Gasteiger partial charge in [0.2, 0.25) is 0 Å². The van der Waals surface area contributed by atoms with Gasteiger partial charge in [0, 0.05) is 17.1 Å². The number of rotatable bonds is 4. The van der Waals surface area contributed by atoms with Crippen LogP contribution in [0.4, 0.5) is 11.5 Å². The number of hydrogen-bond acceptors (Lipinski definition) is 6. The summed E-state index contributed by atoms with van der Waals surface area (Å²) in [6, 6.07) is 13.2. The Morgan fingerprint density at radius 2 is 1.61 bits per heavy atom. The summed E-state index contributed by atoms with van der Waals surface area (Å²) in [6.07, 6.45) is 0. The maximum Gasteiger partial charge on any atom is 0.164 e. The van der Waals surface area contributed by atoms with Crippen LogP contribution in [0, 0.1) is 0 Å². The van der Waals surface area contributed by atoms with Crippen molar-refractivity contribution >= 4 is 22.4 Å². The molecule has 1 N–H and O–H groups in total. The highest BCUT2D eigenvalue weighted by Crippen LogP contribution is 2.31. The molecule has 6 heteroatoms. The van der Waals surface area contributed by atoms with Crippen LogP contribution in [0.15, 0.2) is 42.5 Å². The minimum absolute atomic E-state index is 0.646. The van der Waals surface area contributed by atoms with Crippen molar-refractivity contribution < 1.29 is 9.47 Å². The number of fused-ring (bicyclic) bond motifs is 1. The highest BCUT2D eigenvalue weighted by molar-refractivity contribution is 5.90. The molecule has 3 rings (SSSR count). The van der Waals surface area contributed by atoms with Gasteiger partial charge in [-0.2, -0.15) is 0 Å². The predicted molar refractivity (Wildman–Crippen MR) is 91.5 cm³/mol. The van der Waals surface area contributed by atoms with Gasteiger partial charge in [0.25, 0.3) is 0 Å². The third-order valence-corrected chi connectivity index (χ3v) is 3.10. The molecule has 2 aromatic carbocycles. The zero-order chi connectivity index (χ0) is 16.7. The molecule has 0 radical (unpaired) electrons. The second kappa shape index (κ2) is 7.93. The van der Waals surface area contributed by atoms with Gasteiger partial charge in [-0.25, -0.2) is 0 Å². The van der Waals surface area contributed by atoms with Crippen LogP contribution in [0.3, 0.4) is 0 Å². The van der Waals surface area contributed by atoms with Gasteiger partial charge in [-0.3, -0.25) is 0 Å². The first-order chi connectivity index (χ1) is 11.3. The van der Waals surface area contributed by atoms with Gasteiger partial charge in [0.05, 0.1) is 19.7 Å². The lowest BCUT2D eigenvalue weighted by Gasteiger charge is -2.11. The number of aromatic nitrogens is 3. The maximum atomic E-state index is 5.29. The van der Waals surface area contributed by atoms with Crippen LogP contribution in [0.2, 0.25) is 0 Å². The molecule has 0 fully saturated rings. The first-order valence-corrected chi connectivity index (χ1v) is 7.39. The molecule has 0 aliphatic heterocycles. The van der Waals surface area contributed by atoms with E-state index in [1.807, 2.05) is 56.3 Å². The number of nitrogens with one attached hydrogen (secondary N) is 1. The fraction of sp³-hybridized carbons (Fsp3) is 0.235. The fourth-order valence-electron chi connectivity index (χ4n) is 2.07. The number of benzene rings is 2.